The van der Waals surface area contributed by atoms with E-state index in [2.05, 4.69) is 23.5 Å². The van der Waals surface area contributed by atoms with Gasteiger partial charge in [-0.1, -0.05) is 0 Å². The molecule has 144 valence electrons. The lowest BCUT2D eigenvalue weighted by atomic mass is 10.0. The predicted octanol–water partition coefficient (Wildman–Crippen LogP) is 2.07. The molecule has 0 unspecified atom stereocenters. The highest BCUT2D eigenvalue weighted by Crippen LogP contribution is 2.23. The Morgan fingerprint density at radius 2 is 1.69 bits per heavy atom. The van der Waals surface area contributed by atoms with Crippen LogP contribution in [0.3, 0.4) is 0 Å². The number of carbonyl (C=O) groups excluding carboxylic acids is 1. The summed E-state index contributed by atoms with van der Waals surface area (Å²) >= 11 is 0. The summed E-state index contributed by atoms with van der Waals surface area (Å²) < 4.78 is 27.1. The number of benzene rings is 1. The summed E-state index contributed by atoms with van der Waals surface area (Å²) in [5.41, 5.74) is 0.532. The predicted molar refractivity (Wildman–Crippen MR) is 102 cm³/mol. The van der Waals surface area contributed by atoms with Gasteiger partial charge in [-0.25, -0.2) is 13.1 Å². The molecule has 1 amide bonds. The van der Waals surface area contributed by atoms with Crippen molar-refractivity contribution in [2.75, 3.05) is 20.1 Å². The third-order valence-corrected chi connectivity index (χ3v) is 6.94. The van der Waals surface area contributed by atoms with E-state index < -0.39 is 10.0 Å². The van der Waals surface area contributed by atoms with Gasteiger partial charge in [-0.2, -0.15) is 0 Å². The third-order valence-electron chi connectivity index (χ3n) is 5.41. The summed E-state index contributed by atoms with van der Waals surface area (Å²) in [5.74, 6) is -0.0490. The smallest absolute Gasteiger partial charge is 0.253 e. The van der Waals surface area contributed by atoms with Gasteiger partial charge in [-0.05, 0) is 63.8 Å². The van der Waals surface area contributed by atoms with Gasteiger partial charge >= 0.3 is 0 Å². The first-order valence-electron chi connectivity index (χ1n) is 9.41. The van der Waals surface area contributed by atoms with E-state index in [1.165, 1.54) is 12.1 Å². The van der Waals surface area contributed by atoms with E-state index in [9.17, 15) is 13.2 Å². The van der Waals surface area contributed by atoms with E-state index in [1.807, 2.05) is 11.9 Å². The van der Waals surface area contributed by atoms with Crippen LogP contribution in [0.15, 0.2) is 29.2 Å². The van der Waals surface area contributed by atoms with Crippen molar-refractivity contribution in [3.63, 3.8) is 0 Å². The zero-order chi connectivity index (χ0) is 18.9. The molecule has 3 rings (SSSR count). The van der Waals surface area contributed by atoms with Crippen LogP contribution in [0.4, 0.5) is 0 Å². The molecule has 1 aliphatic carbocycles. The highest BCUT2D eigenvalue weighted by Gasteiger charge is 2.29. The molecule has 6 nitrogen and oxygen atoms in total. The van der Waals surface area contributed by atoms with Gasteiger partial charge < -0.3 is 9.80 Å². The van der Waals surface area contributed by atoms with Gasteiger partial charge in [0.25, 0.3) is 5.91 Å². The van der Waals surface area contributed by atoms with Crippen molar-refractivity contribution in [1.82, 2.24) is 14.5 Å². The number of sulfonamides is 1. The van der Waals surface area contributed by atoms with E-state index in [-0.39, 0.29) is 22.9 Å². The van der Waals surface area contributed by atoms with Crippen molar-refractivity contribution >= 4 is 15.9 Å². The fourth-order valence-corrected chi connectivity index (χ4v) is 4.73. The van der Waals surface area contributed by atoms with Crippen molar-refractivity contribution in [2.24, 2.45) is 0 Å². The Morgan fingerprint density at radius 3 is 2.19 bits per heavy atom. The second-order valence-electron chi connectivity index (χ2n) is 7.70. The van der Waals surface area contributed by atoms with Gasteiger partial charge in [0.15, 0.2) is 0 Å². The van der Waals surface area contributed by atoms with Gasteiger partial charge in [0.1, 0.15) is 0 Å². The fraction of sp³-hybridized carbons (Fsp3) is 0.632. The maximum absolute atomic E-state index is 12.8. The van der Waals surface area contributed by atoms with Crippen molar-refractivity contribution in [2.45, 2.75) is 62.6 Å². The number of rotatable bonds is 6. The topological polar surface area (TPSA) is 69.7 Å². The number of likely N-dealkylation sites (tertiary alicyclic amines) is 1. The number of hydrogen-bond acceptors (Lipinski definition) is 4. The third kappa shape index (κ3) is 4.45. The van der Waals surface area contributed by atoms with E-state index in [4.69, 9.17) is 0 Å². The molecule has 1 aliphatic heterocycles. The molecule has 26 heavy (non-hydrogen) atoms. The Morgan fingerprint density at radius 1 is 1.12 bits per heavy atom. The molecule has 1 aromatic rings. The molecule has 0 aromatic heterocycles. The first-order valence-corrected chi connectivity index (χ1v) is 10.9. The zero-order valence-electron chi connectivity index (χ0n) is 15.8. The number of carbonyl (C=O) groups is 1. The number of hydrogen-bond donors (Lipinski definition) is 1. The fourth-order valence-electron chi connectivity index (χ4n) is 3.42. The molecular formula is C19H29N3O3S. The number of amides is 1. The highest BCUT2D eigenvalue weighted by molar-refractivity contribution is 7.89. The number of nitrogens with zero attached hydrogens (tertiary/aromatic N) is 2. The summed E-state index contributed by atoms with van der Waals surface area (Å²) in [4.78, 5) is 17.2. The van der Waals surface area contributed by atoms with Crippen LogP contribution in [0.1, 0.15) is 49.9 Å². The quantitative estimate of drug-likeness (QED) is 0.822. The lowest BCUT2D eigenvalue weighted by Gasteiger charge is -2.38. The molecule has 0 bridgehead atoms. The molecule has 2 aliphatic rings. The van der Waals surface area contributed by atoms with E-state index >= 15 is 0 Å². The summed E-state index contributed by atoms with van der Waals surface area (Å²) in [6, 6.07) is 7.12. The SMILES string of the molecule is CC(C)N1CCC(N(C)C(=O)c2ccc(S(=O)(=O)NC3CC3)cc2)CC1. The molecule has 0 radical (unpaired) electrons. The van der Waals surface area contributed by atoms with Crippen LogP contribution in [0, 0.1) is 0 Å². The largest absolute Gasteiger partial charge is 0.339 e. The highest BCUT2D eigenvalue weighted by atomic mass is 32.2. The van der Waals surface area contributed by atoms with Gasteiger partial charge in [0.2, 0.25) is 10.0 Å². The molecule has 1 saturated heterocycles. The number of piperidine rings is 1. The zero-order valence-corrected chi connectivity index (χ0v) is 16.6. The molecule has 0 atom stereocenters. The molecule has 1 heterocycles. The number of nitrogens with one attached hydrogen (secondary N) is 1. The van der Waals surface area contributed by atoms with Crippen LogP contribution >= 0.6 is 0 Å². The Hall–Kier alpha value is -1.44. The standard InChI is InChI=1S/C19H29N3O3S/c1-14(2)22-12-10-17(11-13-22)21(3)19(23)15-4-8-18(9-5-15)26(24,25)20-16-6-7-16/h4-5,8-9,14,16-17,20H,6-7,10-13H2,1-3H3. The second-order valence-corrected chi connectivity index (χ2v) is 9.41. The average Bonchev–Trinajstić information content (AvgIpc) is 3.44. The first kappa shape index (κ1) is 19.3. The van der Waals surface area contributed by atoms with Crippen LogP contribution in [0.2, 0.25) is 0 Å². The van der Waals surface area contributed by atoms with Crippen molar-refractivity contribution < 1.29 is 13.2 Å². The van der Waals surface area contributed by atoms with Gasteiger partial charge in [0.05, 0.1) is 4.90 Å². The van der Waals surface area contributed by atoms with Crippen LogP contribution in [0.5, 0.6) is 0 Å². The van der Waals surface area contributed by atoms with Gasteiger partial charge in [0, 0.05) is 43.8 Å². The van der Waals surface area contributed by atoms with Crippen LogP contribution in [-0.2, 0) is 10.0 Å². The Labute approximate surface area is 156 Å². The maximum Gasteiger partial charge on any atom is 0.253 e. The van der Waals surface area contributed by atoms with Crippen LogP contribution in [0.25, 0.3) is 0 Å². The van der Waals surface area contributed by atoms with Gasteiger partial charge in [-0.15, -0.1) is 0 Å². The summed E-state index contributed by atoms with van der Waals surface area (Å²) in [7, 11) is -1.63. The summed E-state index contributed by atoms with van der Waals surface area (Å²) in [5, 5.41) is 0. The molecule has 2 fully saturated rings. The molecule has 1 aromatic carbocycles. The van der Waals surface area contributed by atoms with Crippen LogP contribution < -0.4 is 4.72 Å². The lowest BCUT2D eigenvalue weighted by Crippen LogP contribution is -2.47. The van der Waals surface area contributed by atoms with Gasteiger partial charge in [-0.3, -0.25) is 4.79 Å². The maximum atomic E-state index is 12.8. The lowest BCUT2D eigenvalue weighted by molar-refractivity contribution is 0.0615. The van der Waals surface area contributed by atoms with Crippen molar-refractivity contribution in [3.8, 4) is 0 Å². The second kappa shape index (κ2) is 7.66. The normalized spacial score (nSPS) is 19.7. The minimum absolute atomic E-state index is 0.0490. The van der Waals surface area contributed by atoms with E-state index in [0.29, 0.717) is 11.6 Å². The molecule has 0 spiro atoms. The Kier molecular flexibility index (Phi) is 5.69. The Balaban J connectivity index is 1.62. The average molecular weight is 380 g/mol. The monoisotopic (exact) mass is 379 g/mol. The minimum Gasteiger partial charge on any atom is -0.339 e. The molecule has 1 N–H and O–H groups in total. The van der Waals surface area contributed by atoms with E-state index in [0.717, 1.165) is 38.8 Å². The summed E-state index contributed by atoms with van der Waals surface area (Å²) in [6.45, 7) is 6.40. The Bertz CT molecular complexity index is 734. The molecule has 1 saturated carbocycles. The van der Waals surface area contributed by atoms with Crippen LogP contribution in [-0.4, -0.2) is 62.4 Å². The minimum atomic E-state index is -3.47. The molecular weight excluding hydrogens is 350 g/mol. The van der Waals surface area contributed by atoms with Crippen molar-refractivity contribution in [1.29, 1.82) is 0 Å². The summed E-state index contributed by atoms with van der Waals surface area (Å²) in [6.07, 6.45) is 3.74. The van der Waals surface area contributed by atoms with E-state index in [1.54, 1.807) is 12.1 Å². The first-order chi connectivity index (χ1) is 12.3. The van der Waals surface area contributed by atoms with Crippen molar-refractivity contribution in [3.05, 3.63) is 29.8 Å². The molecule has 7 heteroatoms.